The van der Waals surface area contributed by atoms with Gasteiger partial charge >= 0.3 is 0 Å². The lowest BCUT2D eigenvalue weighted by atomic mass is 9.97. The van der Waals surface area contributed by atoms with Crippen molar-refractivity contribution in [2.75, 3.05) is 18.4 Å². The lowest BCUT2D eigenvalue weighted by Gasteiger charge is -2.24. The Kier molecular flexibility index (Phi) is 9.83. The molecule has 0 unspecified atom stereocenters. The van der Waals surface area contributed by atoms with Crippen LogP contribution in [0.3, 0.4) is 0 Å². The van der Waals surface area contributed by atoms with Gasteiger partial charge in [-0.1, -0.05) is 103 Å². The quantitative estimate of drug-likeness (QED) is 0.174. The molecule has 7 nitrogen and oxygen atoms in total. The Balaban J connectivity index is 0.961. The number of likely N-dealkylation sites (tertiary alicyclic amines) is 2. The SMILES string of the molecule is O=C(Cc1ccc2cc(-c3ccc(NC(=O)[C@@H]4CCCN4C(=O)Cc4ccccc4)cc3)ccc2c1)[C@@H]1CCCN1C(=O)Cc1ccccc1. The largest absolute Gasteiger partial charge is 0.332 e. The van der Waals surface area contributed by atoms with Crippen LogP contribution >= 0.6 is 0 Å². The Hall–Kier alpha value is -5.56. The van der Waals surface area contributed by atoms with Crippen LogP contribution in [0.25, 0.3) is 21.9 Å². The number of Topliss-reactive ketones (excluding diaryl/α,β-unsaturated/α-hetero) is 1. The number of hydrogen-bond donors (Lipinski definition) is 1. The second kappa shape index (κ2) is 14.9. The van der Waals surface area contributed by atoms with Crippen LogP contribution in [-0.2, 0) is 38.4 Å². The molecule has 5 aromatic carbocycles. The zero-order valence-electron chi connectivity index (χ0n) is 28.1. The molecule has 0 aromatic heterocycles. The van der Waals surface area contributed by atoms with Gasteiger partial charge in [-0.2, -0.15) is 0 Å². The minimum absolute atomic E-state index is 0.0139. The average Bonchev–Trinajstić information content (AvgIpc) is 3.84. The number of amides is 3. The zero-order chi connectivity index (χ0) is 34.5. The third-order valence-corrected chi connectivity index (χ3v) is 9.99. The summed E-state index contributed by atoms with van der Waals surface area (Å²) in [6.07, 6.45) is 3.94. The van der Waals surface area contributed by atoms with Crippen molar-refractivity contribution in [2.45, 2.75) is 57.0 Å². The first-order chi connectivity index (χ1) is 24.4. The van der Waals surface area contributed by atoms with Crippen molar-refractivity contribution in [3.8, 4) is 11.1 Å². The highest BCUT2D eigenvalue weighted by Crippen LogP contribution is 2.28. The van der Waals surface area contributed by atoms with E-state index in [1.165, 1.54) is 0 Å². The van der Waals surface area contributed by atoms with E-state index in [4.69, 9.17) is 0 Å². The standard InChI is InChI=1S/C43H41N3O4/c47-40(38-13-7-23-45(38)41(48)27-30-9-3-1-4-10-30)26-32-15-16-36-29-35(18-17-34(36)25-32)33-19-21-37(22-20-33)44-43(50)39-14-8-24-46(39)42(49)28-31-11-5-2-6-12-31/h1-6,9-12,15-22,25,29,38-39H,7-8,13-14,23-24,26-28H2,(H,44,50)/t38-,39-/m0/s1. The van der Waals surface area contributed by atoms with Crippen molar-refractivity contribution in [3.63, 3.8) is 0 Å². The molecule has 0 saturated carbocycles. The predicted molar refractivity (Wildman–Crippen MR) is 196 cm³/mol. The van der Waals surface area contributed by atoms with Gasteiger partial charge in [0.25, 0.3) is 0 Å². The first-order valence-electron chi connectivity index (χ1n) is 17.5. The van der Waals surface area contributed by atoms with Crippen molar-refractivity contribution in [3.05, 3.63) is 138 Å². The van der Waals surface area contributed by atoms with Crippen molar-refractivity contribution in [1.29, 1.82) is 0 Å². The maximum absolute atomic E-state index is 13.4. The molecule has 2 heterocycles. The number of nitrogens with zero attached hydrogens (tertiary/aromatic N) is 2. The molecule has 0 bridgehead atoms. The highest BCUT2D eigenvalue weighted by Gasteiger charge is 2.35. The van der Waals surface area contributed by atoms with Crippen LogP contribution in [0.1, 0.15) is 42.4 Å². The minimum atomic E-state index is -0.467. The summed E-state index contributed by atoms with van der Waals surface area (Å²) in [7, 11) is 0. The first kappa shape index (κ1) is 33.0. The van der Waals surface area contributed by atoms with Gasteiger partial charge in [-0.25, -0.2) is 0 Å². The Morgan fingerprint density at radius 3 is 1.72 bits per heavy atom. The molecule has 7 heteroatoms. The second-order valence-corrected chi connectivity index (χ2v) is 13.4. The topological polar surface area (TPSA) is 86.8 Å². The third-order valence-electron chi connectivity index (χ3n) is 9.99. The molecule has 2 aliphatic heterocycles. The molecule has 2 aliphatic rings. The molecule has 5 aromatic rings. The molecule has 0 aliphatic carbocycles. The molecule has 2 atom stereocenters. The molecule has 252 valence electrons. The normalized spacial score (nSPS) is 17.2. The van der Waals surface area contributed by atoms with E-state index < -0.39 is 6.04 Å². The van der Waals surface area contributed by atoms with Crippen LogP contribution in [-0.4, -0.2) is 58.5 Å². The average molecular weight is 664 g/mol. The third kappa shape index (κ3) is 7.52. The summed E-state index contributed by atoms with van der Waals surface area (Å²) < 4.78 is 0. The van der Waals surface area contributed by atoms with Crippen molar-refractivity contribution in [2.24, 2.45) is 0 Å². The summed E-state index contributed by atoms with van der Waals surface area (Å²) in [6.45, 7) is 1.23. The van der Waals surface area contributed by atoms with Gasteiger partial charge in [0.05, 0.1) is 18.9 Å². The summed E-state index contributed by atoms with van der Waals surface area (Å²) in [5, 5.41) is 5.14. The van der Waals surface area contributed by atoms with E-state index in [1.807, 2.05) is 91.0 Å². The van der Waals surface area contributed by atoms with E-state index >= 15 is 0 Å². The van der Waals surface area contributed by atoms with Gasteiger partial charge in [0.15, 0.2) is 5.78 Å². The van der Waals surface area contributed by atoms with E-state index in [0.717, 1.165) is 51.4 Å². The minimum Gasteiger partial charge on any atom is -0.332 e. The van der Waals surface area contributed by atoms with E-state index in [0.29, 0.717) is 50.9 Å². The highest BCUT2D eigenvalue weighted by molar-refractivity contribution is 5.98. The van der Waals surface area contributed by atoms with Gasteiger partial charge in [0.2, 0.25) is 17.7 Å². The van der Waals surface area contributed by atoms with Gasteiger partial charge < -0.3 is 15.1 Å². The molecule has 50 heavy (non-hydrogen) atoms. The maximum atomic E-state index is 13.4. The molecule has 0 radical (unpaired) electrons. The number of nitrogens with one attached hydrogen (secondary N) is 1. The summed E-state index contributed by atoms with van der Waals surface area (Å²) in [5.74, 6) is -0.0757. The smallest absolute Gasteiger partial charge is 0.247 e. The van der Waals surface area contributed by atoms with Crippen LogP contribution in [0.4, 0.5) is 5.69 Å². The van der Waals surface area contributed by atoms with E-state index in [1.54, 1.807) is 9.80 Å². The van der Waals surface area contributed by atoms with E-state index in [-0.39, 0.29) is 29.5 Å². The van der Waals surface area contributed by atoms with Crippen LogP contribution in [0, 0.1) is 0 Å². The molecule has 3 amide bonds. The molecular formula is C43H41N3O4. The molecule has 2 fully saturated rings. The fourth-order valence-corrected chi connectivity index (χ4v) is 7.36. The van der Waals surface area contributed by atoms with Gasteiger partial charge in [0, 0.05) is 25.2 Å². The van der Waals surface area contributed by atoms with Crippen LogP contribution in [0.15, 0.2) is 121 Å². The second-order valence-electron chi connectivity index (χ2n) is 13.4. The van der Waals surface area contributed by atoms with E-state index in [2.05, 4.69) is 35.6 Å². The zero-order valence-corrected chi connectivity index (χ0v) is 28.1. The summed E-state index contributed by atoms with van der Waals surface area (Å²) in [4.78, 5) is 56.2. The first-order valence-corrected chi connectivity index (χ1v) is 17.5. The van der Waals surface area contributed by atoms with Crippen LogP contribution in [0.5, 0.6) is 0 Å². The Labute approximate surface area is 292 Å². The van der Waals surface area contributed by atoms with Crippen LogP contribution in [0.2, 0.25) is 0 Å². The van der Waals surface area contributed by atoms with Gasteiger partial charge in [-0.3, -0.25) is 19.2 Å². The molecule has 2 saturated heterocycles. The monoisotopic (exact) mass is 663 g/mol. The Morgan fingerprint density at radius 1 is 0.540 bits per heavy atom. The molecule has 1 N–H and O–H groups in total. The molecular weight excluding hydrogens is 622 g/mol. The lowest BCUT2D eigenvalue weighted by Crippen LogP contribution is -2.43. The van der Waals surface area contributed by atoms with Crippen LogP contribution < -0.4 is 5.32 Å². The number of rotatable bonds is 10. The Bertz CT molecular complexity index is 2010. The number of ketones is 1. The van der Waals surface area contributed by atoms with Crippen molar-refractivity contribution in [1.82, 2.24) is 9.80 Å². The number of carbonyl (C=O) groups excluding carboxylic acids is 4. The van der Waals surface area contributed by atoms with Crippen molar-refractivity contribution < 1.29 is 19.2 Å². The van der Waals surface area contributed by atoms with Gasteiger partial charge in [0.1, 0.15) is 6.04 Å². The number of hydrogen-bond acceptors (Lipinski definition) is 4. The van der Waals surface area contributed by atoms with Crippen molar-refractivity contribution >= 4 is 40.0 Å². The Morgan fingerprint density at radius 2 is 1.08 bits per heavy atom. The van der Waals surface area contributed by atoms with E-state index in [9.17, 15) is 19.2 Å². The summed E-state index contributed by atoms with van der Waals surface area (Å²) >= 11 is 0. The molecule has 0 spiro atoms. The number of benzene rings is 5. The number of fused-ring (bicyclic) bond motifs is 1. The number of carbonyl (C=O) groups is 4. The molecule has 7 rings (SSSR count). The fraction of sp³-hybridized carbons (Fsp3) is 0.256. The fourth-order valence-electron chi connectivity index (χ4n) is 7.36. The summed E-state index contributed by atoms with van der Waals surface area (Å²) in [6, 6.07) is 38.7. The number of anilines is 1. The predicted octanol–water partition coefficient (Wildman–Crippen LogP) is 7.02. The van der Waals surface area contributed by atoms with Gasteiger partial charge in [-0.15, -0.1) is 0 Å². The lowest BCUT2D eigenvalue weighted by molar-refractivity contribution is -0.136. The summed E-state index contributed by atoms with van der Waals surface area (Å²) in [5.41, 5.74) is 5.62. The highest BCUT2D eigenvalue weighted by atomic mass is 16.2. The maximum Gasteiger partial charge on any atom is 0.247 e. The van der Waals surface area contributed by atoms with Gasteiger partial charge in [-0.05, 0) is 82.5 Å².